The molecule has 0 spiro atoms. The monoisotopic (exact) mass is 224 g/mol. The molecule has 90 valence electrons. The average molecular weight is 224 g/mol. The zero-order chi connectivity index (χ0) is 12.0. The van der Waals surface area contributed by atoms with Crippen LogP contribution in [0.25, 0.3) is 0 Å². The van der Waals surface area contributed by atoms with Crippen LogP contribution in [0.5, 0.6) is 5.75 Å². The number of unbranched alkanes of at least 4 members (excludes halogenated alkanes) is 1. The Morgan fingerprint density at radius 1 is 1.31 bits per heavy atom. The maximum Gasteiger partial charge on any atom is 0.165 e. The molecule has 0 aliphatic carbocycles. The minimum atomic E-state index is -0.281. The predicted molar refractivity (Wildman–Crippen MR) is 65.5 cm³/mol. The number of halogens is 1. The van der Waals surface area contributed by atoms with Gasteiger partial charge in [0.1, 0.15) is 0 Å². The summed E-state index contributed by atoms with van der Waals surface area (Å²) in [5, 5.41) is 0. The first-order valence-corrected chi connectivity index (χ1v) is 6.06. The van der Waals surface area contributed by atoms with E-state index in [2.05, 4.69) is 13.8 Å². The van der Waals surface area contributed by atoms with E-state index in [4.69, 9.17) is 4.74 Å². The van der Waals surface area contributed by atoms with Crippen molar-refractivity contribution in [2.24, 2.45) is 0 Å². The lowest BCUT2D eigenvalue weighted by Gasteiger charge is -2.16. The summed E-state index contributed by atoms with van der Waals surface area (Å²) in [6, 6.07) is 5.21. The van der Waals surface area contributed by atoms with Crippen molar-refractivity contribution in [2.45, 2.75) is 45.4 Å². The largest absolute Gasteiger partial charge is 0.494 e. The molecule has 0 amide bonds. The Balaban J connectivity index is 2.83. The van der Waals surface area contributed by atoms with Crippen LogP contribution >= 0.6 is 0 Å². The summed E-state index contributed by atoms with van der Waals surface area (Å²) in [6.45, 7) is 4.37. The van der Waals surface area contributed by atoms with Crippen molar-refractivity contribution >= 4 is 0 Å². The van der Waals surface area contributed by atoms with E-state index in [1.54, 1.807) is 0 Å². The van der Waals surface area contributed by atoms with Gasteiger partial charge in [-0.05, 0) is 36.5 Å². The number of ether oxygens (including phenoxy) is 1. The Morgan fingerprint density at radius 3 is 2.62 bits per heavy atom. The third kappa shape index (κ3) is 3.22. The Morgan fingerprint density at radius 2 is 2.06 bits per heavy atom. The third-order valence-corrected chi connectivity index (χ3v) is 3.05. The molecule has 0 N–H and O–H groups in total. The highest BCUT2D eigenvalue weighted by atomic mass is 19.1. The van der Waals surface area contributed by atoms with Gasteiger partial charge in [0.05, 0.1) is 7.11 Å². The fraction of sp³-hybridized carbons (Fsp3) is 0.571. The molecule has 0 heterocycles. The highest BCUT2D eigenvalue weighted by Crippen LogP contribution is 2.29. The molecule has 1 aromatic carbocycles. The van der Waals surface area contributed by atoms with E-state index in [0.717, 1.165) is 6.42 Å². The van der Waals surface area contributed by atoms with Crippen molar-refractivity contribution in [2.75, 3.05) is 7.11 Å². The molecule has 0 aliphatic rings. The fourth-order valence-electron chi connectivity index (χ4n) is 1.99. The second kappa shape index (κ2) is 6.51. The van der Waals surface area contributed by atoms with Crippen molar-refractivity contribution in [3.8, 4) is 5.75 Å². The van der Waals surface area contributed by atoms with Gasteiger partial charge in [-0.15, -0.1) is 0 Å². The predicted octanol–water partition coefficient (Wildman–Crippen LogP) is 4.52. The molecule has 1 rings (SSSR count). The van der Waals surface area contributed by atoms with Crippen LogP contribution in [0.4, 0.5) is 4.39 Å². The second-order valence-corrected chi connectivity index (χ2v) is 4.14. The summed E-state index contributed by atoms with van der Waals surface area (Å²) in [5.41, 5.74) is 1.19. The van der Waals surface area contributed by atoms with Crippen molar-refractivity contribution in [1.82, 2.24) is 0 Å². The Bertz CT molecular complexity index is 323. The number of benzene rings is 1. The summed E-state index contributed by atoms with van der Waals surface area (Å²) in [5.74, 6) is 0.596. The van der Waals surface area contributed by atoms with Gasteiger partial charge in [0.2, 0.25) is 0 Å². The highest BCUT2D eigenvalue weighted by Gasteiger charge is 2.11. The quantitative estimate of drug-likeness (QED) is 0.690. The molecule has 0 bridgehead atoms. The number of hydrogen-bond donors (Lipinski definition) is 0. The maximum atomic E-state index is 13.3. The van der Waals surface area contributed by atoms with Crippen LogP contribution in [0.2, 0.25) is 0 Å². The van der Waals surface area contributed by atoms with Crippen molar-refractivity contribution < 1.29 is 9.13 Å². The Labute approximate surface area is 97.6 Å². The van der Waals surface area contributed by atoms with Crippen molar-refractivity contribution in [3.05, 3.63) is 29.6 Å². The Kier molecular flexibility index (Phi) is 5.30. The minimum Gasteiger partial charge on any atom is -0.494 e. The van der Waals surface area contributed by atoms with Crippen LogP contribution in [-0.4, -0.2) is 7.11 Å². The van der Waals surface area contributed by atoms with Gasteiger partial charge in [0, 0.05) is 0 Å². The highest BCUT2D eigenvalue weighted by molar-refractivity contribution is 5.32. The first kappa shape index (κ1) is 13.0. The van der Waals surface area contributed by atoms with E-state index in [0.29, 0.717) is 11.7 Å². The smallest absolute Gasteiger partial charge is 0.165 e. The minimum absolute atomic E-state index is 0.281. The Hall–Kier alpha value is -1.05. The molecule has 1 aromatic rings. The molecule has 2 heteroatoms. The van der Waals surface area contributed by atoms with E-state index < -0.39 is 0 Å². The SMILES string of the molecule is CCCCC(CC)c1ccc(F)c(OC)c1. The standard InChI is InChI=1S/C14H21FO/c1-4-6-7-11(5-2)12-8-9-13(15)14(10-12)16-3/h8-11H,4-7H2,1-3H3. The van der Waals surface area contributed by atoms with Gasteiger partial charge in [0.25, 0.3) is 0 Å². The first-order chi connectivity index (χ1) is 7.72. The van der Waals surface area contributed by atoms with Gasteiger partial charge < -0.3 is 4.74 Å². The van der Waals surface area contributed by atoms with Crippen molar-refractivity contribution in [3.63, 3.8) is 0 Å². The zero-order valence-electron chi connectivity index (χ0n) is 10.4. The molecule has 16 heavy (non-hydrogen) atoms. The lowest BCUT2D eigenvalue weighted by Crippen LogP contribution is -1.99. The molecule has 0 aromatic heterocycles. The van der Waals surface area contributed by atoms with Gasteiger partial charge >= 0.3 is 0 Å². The van der Waals surface area contributed by atoms with Crippen LogP contribution < -0.4 is 4.74 Å². The van der Waals surface area contributed by atoms with Crippen LogP contribution in [0, 0.1) is 5.82 Å². The molecule has 0 saturated carbocycles. The van der Waals surface area contributed by atoms with E-state index in [1.165, 1.54) is 38.0 Å². The van der Waals surface area contributed by atoms with Crippen LogP contribution in [0.15, 0.2) is 18.2 Å². The van der Waals surface area contributed by atoms with Gasteiger partial charge in [-0.25, -0.2) is 4.39 Å². The van der Waals surface area contributed by atoms with Crippen LogP contribution in [-0.2, 0) is 0 Å². The number of methoxy groups -OCH3 is 1. The van der Waals surface area contributed by atoms with Gasteiger partial charge in [-0.2, -0.15) is 0 Å². The van der Waals surface area contributed by atoms with E-state index >= 15 is 0 Å². The average Bonchev–Trinajstić information content (AvgIpc) is 2.32. The molecule has 1 unspecified atom stereocenters. The van der Waals surface area contributed by atoms with Crippen molar-refractivity contribution in [1.29, 1.82) is 0 Å². The van der Waals surface area contributed by atoms with Gasteiger partial charge in [-0.1, -0.05) is 32.8 Å². The molecule has 0 fully saturated rings. The molecule has 1 nitrogen and oxygen atoms in total. The van der Waals surface area contributed by atoms with Crippen LogP contribution in [0.1, 0.15) is 51.0 Å². The summed E-state index contributed by atoms with van der Waals surface area (Å²) in [4.78, 5) is 0. The molecule has 0 radical (unpaired) electrons. The van der Waals surface area contributed by atoms with E-state index in [9.17, 15) is 4.39 Å². The topological polar surface area (TPSA) is 9.23 Å². The lowest BCUT2D eigenvalue weighted by atomic mass is 9.91. The molecular weight excluding hydrogens is 203 g/mol. The van der Waals surface area contributed by atoms with Gasteiger partial charge in [0.15, 0.2) is 11.6 Å². The second-order valence-electron chi connectivity index (χ2n) is 4.14. The molecule has 1 atom stereocenters. The summed E-state index contributed by atoms with van der Waals surface area (Å²) < 4.78 is 18.3. The first-order valence-electron chi connectivity index (χ1n) is 6.06. The zero-order valence-corrected chi connectivity index (χ0v) is 10.4. The number of hydrogen-bond acceptors (Lipinski definition) is 1. The molecular formula is C14H21FO. The summed E-state index contributed by atoms with van der Waals surface area (Å²) >= 11 is 0. The summed E-state index contributed by atoms with van der Waals surface area (Å²) in [6.07, 6.45) is 4.68. The summed E-state index contributed by atoms with van der Waals surface area (Å²) in [7, 11) is 1.51. The van der Waals surface area contributed by atoms with Gasteiger partial charge in [-0.3, -0.25) is 0 Å². The van der Waals surface area contributed by atoms with E-state index in [1.807, 2.05) is 12.1 Å². The third-order valence-electron chi connectivity index (χ3n) is 3.05. The van der Waals surface area contributed by atoms with Crippen LogP contribution in [0.3, 0.4) is 0 Å². The molecule has 0 saturated heterocycles. The normalized spacial score (nSPS) is 12.5. The molecule has 0 aliphatic heterocycles. The van der Waals surface area contributed by atoms with E-state index in [-0.39, 0.29) is 5.82 Å². The fourth-order valence-corrected chi connectivity index (χ4v) is 1.99. The maximum absolute atomic E-state index is 13.3. The lowest BCUT2D eigenvalue weighted by molar-refractivity contribution is 0.385. The number of rotatable bonds is 6.